The van der Waals surface area contributed by atoms with Crippen molar-refractivity contribution in [3.63, 3.8) is 0 Å². The topological polar surface area (TPSA) is 55.8 Å². The van der Waals surface area contributed by atoms with Crippen molar-refractivity contribution in [2.75, 3.05) is 7.11 Å². The first kappa shape index (κ1) is 14.4. The maximum absolute atomic E-state index is 11.6. The lowest BCUT2D eigenvalue weighted by Gasteiger charge is -2.19. The van der Waals surface area contributed by atoms with E-state index < -0.39 is 5.60 Å². The number of carbonyl (C=O) groups excluding carboxylic acids is 1. The van der Waals surface area contributed by atoms with Crippen molar-refractivity contribution in [1.82, 2.24) is 0 Å². The van der Waals surface area contributed by atoms with E-state index in [0.717, 1.165) is 0 Å². The molecule has 0 aromatic heterocycles. The molecule has 0 bridgehead atoms. The van der Waals surface area contributed by atoms with E-state index in [-0.39, 0.29) is 18.1 Å². The highest BCUT2D eigenvalue weighted by Crippen LogP contribution is 2.24. The van der Waals surface area contributed by atoms with Gasteiger partial charge in [0.25, 0.3) is 0 Å². The molecule has 0 amide bonds. The summed E-state index contributed by atoms with van der Waals surface area (Å²) in [5, 5.41) is 9.67. The fourth-order valence-electron chi connectivity index (χ4n) is 1.52. The van der Waals surface area contributed by atoms with Gasteiger partial charge >= 0.3 is 5.97 Å². The van der Waals surface area contributed by atoms with Gasteiger partial charge < -0.3 is 14.6 Å². The molecule has 1 rings (SSSR count). The number of rotatable bonds is 4. The highest BCUT2D eigenvalue weighted by Gasteiger charge is 2.16. The van der Waals surface area contributed by atoms with Gasteiger partial charge in [-0.15, -0.1) is 0 Å². The number of carbonyl (C=O) groups is 1. The van der Waals surface area contributed by atoms with Gasteiger partial charge in [0.15, 0.2) is 0 Å². The van der Waals surface area contributed by atoms with Gasteiger partial charge in [0.1, 0.15) is 17.1 Å². The average molecular weight is 252 g/mol. The van der Waals surface area contributed by atoms with Gasteiger partial charge in [0, 0.05) is 6.42 Å². The van der Waals surface area contributed by atoms with Crippen LogP contribution in [0.1, 0.15) is 32.8 Å². The van der Waals surface area contributed by atoms with E-state index in [0.29, 0.717) is 17.7 Å². The molecule has 0 atom stereocenters. The molecule has 0 fully saturated rings. The molecular weight excluding hydrogens is 232 g/mol. The summed E-state index contributed by atoms with van der Waals surface area (Å²) in [7, 11) is 1.56. The molecule has 0 heterocycles. The fraction of sp³-hybridized carbons (Fsp3) is 0.500. The van der Waals surface area contributed by atoms with Gasteiger partial charge in [-0.3, -0.25) is 4.79 Å². The second-order valence-corrected chi connectivity index (χ2v) is 5.08. The quantitative estimate of drug-likeness (QED) is 0.837. The van der Waals surface area contributed by atoms with Crippen LogP contribution in [0.25, 0.3) is 0 Å². The van der Waals surface area contributed by atoms with Crippen LogP contribution in [0.2, 0.25) is 0 Å². The van der Waals surface area contributed by atoms with Gasteiger partial charge in [-0.2, -0.15) is 0 Å². The second kappa shape index (κ2) is 5.76. The Morgan fingerprint density at radius 1 is 1.33 bits per heavy atom. The van der Waals surface area contributed by atoms with Crippen molar-refractivity contribution in [1.29, 1.82) is 0 Å². The molecule has 0 spiro atoms. The Kier molecular flexibility index (Phi) is 4.59. The van der Waals surface area contributed by atoms with Crippen LogP contribution in [0.5, 0.6) is 11.5 Å². The monoisotopic (exact) mass is 252 g/mol. The molecule has 18 heavy (non-hydrogen) atoms. The number of phenols is 1. The maximum Gasteiger partial charge on any atom is 0.306 e. The Bertz CT molecular complexity index is 418. The van der Waals surface area contributed by atoms with E-state index >= 15 is 0 Å². The third-order valence-corrected chi connectivity index (χ3v) is 2.31. The SMILES string of the molecule is COc1ccc(O)c(CCC(=O)OC(C)(C)C)c1. The number of aryl methyl sites for hydroxylation is 1. The first-order valence-electron chi connectivity index (χ1n) is 5.89. The summed E-state index contributed by atoms with van der Waals surface area (Å²) in [4.78, 5) is 11.6. The summed E-state index contributed by atoms with van der Waals surface area (Å²) >= 11 is 0. The van der Waals surface area contributed by atoms with Crippen LogP contribution < -0.4 is 4.74 Å². The molecule has 100 valence electrons. The predicted octanol–water partition coefficient (Wildman–Crippen LogP) is 2.68. The zero-order chi connectivity index (χ0) is 13.8. The molecule has 1 aromatic rings. The van der Waals surface area contributed by atoms with Gasteiger partial charge in [-0.05, 0) is 51.0 Å². The van der Waals surface area contributed by atoms with Crippen LogP contribution in [0, 0.1) is 0 Å². The van der Waals surface area contributed by atoms with Gasteiger partial charge in [0.05, 0.1) is 7.11 Å². The van der Waals surface area contributed by atoms with Crippen LogP contribution in [0.4, 0.5) is 0 Å². The fourth-order valence-corrected chi connectivity index (χ4v) is 1.52. The van der Waals surface area contributed by atoms with Gasteiger partial charge in [0.2, 0.25) is 0 Å². The van der Waals surface area contributed by atoms with E-state index in [9.17, 15) is 9.90 Å². The Labute approximate surface area is 108 Å². The van der Waals surface area contributed by atoms with Crippen LogP contribution in [0.3, 0.4) is 0 Å². The first-order chi connectivity index (χ1) is 8.31. The highest BCUT2D eigenvalue weighted by molar-refractivity contribution is 5.70. The lowest BCUT2D eigenvalue weighted by atomic mass is 10.1. The Morgan fingerprint density at radius 2 is 2.00 bits per heavy atom. The number of aromatic hydroxyl groups is 1. The number of esters is 1. The maximum atomic E-state index is 11.6. The van der Waals surface area contributed by atoms with Gasteiger partial charge in [-0.25, -0.2) is 0 Å². The lowest BCUT2D eigenvalue weighted by Crippen LogP contribution is -2.24. The van der Waals surface area contributed by atoms with Crippen LogP contribution in [-0.4, -0.2) is 23.8 Å². The summed E-state index contributed by atoms with van der Waals surface area (Å²) in [6.07, 6.45) is 0.663. The molecule has 1 N–H and O–H groups in total. The molecular formula is C14H20O4. The lowest BCUT2D eigenvalue weighted by molar-refractivity contribution is -0.154. The number of methoxy groups -OCH3 is 1. The zero-order valence-corrected chi connectivity index (χ0v) is 11.3. The third kappa shape index (κ3) is 4.65. The molecule has 0 aliphatic carbocycles. The van der Waals surface area contributed by atoms with E-state index in [1.54, 1.807) is 25.3 Å². The number of hydrogen-bond donors (Lipinski definition) is 1. The minimum atomic E-state index is -0.479. The summed E-state index contributed by atoms with van der Waals surface area (Å²) in [6, 6.07) is 4.95. The van der Waals surface area contributed by atoms with Crippen molar-refractivity contribution >= 4 is 5.97 Å². The first-order valence-corrected chi connectivity index (χ1v) is 5.89. The Hall–Kier alpha value is -1.71. The second-order valence-electron chi connectivity index (χ2n) is 5.08. The van der Waals surface area contributed by atoms with Crippen LogP contribution in [0.15, 0.2) is 18.2 Å². The third-order valence-electron chi connectivity index (χ3n) is 2.31. The smallest absolute Gasteiger partial charge is 0.306 e. The standard InChI is InChI=1S/C14H20O4/c1-14(2,3)18-13(16)8-5-10-9-11(17-4)6-7-12(10)15/h6-7,9,15H,5,8H2,1-4H3. The molecule has 4 heteroatoms. The molecule has 0 saturated carbocycles. The largest absolute Gasteiger partial charge is 0.508 e. The van der Waals surface area contributed by atoms with Crippen molar-refractivity contribution < 1.29 is 19.4 Å². The number of hydrogen-bond acceptors (Lipinski definition) is 4. The predicted molar refractivity (Wildman–Crippen MR) is 68.8 cm³/mol. The van der Waals surface area contributed by atoms with Crippen LogP contribution >= 0.6 is 0 Å². The zero-order valence-electron chi connectivity index (χ0n) is 11.3. The number of benzene rings is 1. The van der Waals surface area contributed by atoms with E-state index in [1.807, 2.05) is 20.8 Å². The van der Waals surface area contributed by atoms with E-state index in [2.05, 4.69) is 0 Å². The van der Waals surface area contributed by atoms with Crippen molar-refractivity contribution in [2.45, 2.75) is 39.2 Å². The highest BCUT2D eigenvalue weighted by atomic mass is 16.6. The van der Waals surface area contributed by atoms with Crippen molar-refractivity contribution in [3.05, 3.63) is 23.8 Å². The van der Waals surface area contributed by atoms with Crippen molar-refractivity contribution in [2.24, 2.45) is 0 Å². The minimum absolute atomic E-state index is 0.166. The molecule has 1 aromatic carbocycles. The molecule has 0 aliphatic rings. The van der Waals surface area contributed by atoms with E-state index in [4.69, 9.17) is 9.47 Å². The van der Waals surface area contributed by atoms with Gasteiger partial charge in [-0.1, -0.05) is 0 Å². The van der Waals surface area contributed by atoms with E-state index in [1.165, 1.54) is 0 Å². The normalized spacial score (nSPS) is 11.1. The van der Waals surface area contributed by atoms with Crippen LogP contribution in [-0.2, 0) is 16.0 Å². The number of phenolic OH excluding ortho intramolecular Hbond substituents is 1. The minimum Gasteiger partial charge on any atom is -0.508 e. The number of ether oxygens (including phenoxy) is 2. The molecule has 0 saturated heterocycles. The molecule has 4 nitrogen and oxygen atoms in total. The molecule has 0 aliphatic heterocycles. The summed E-state index contributed by atoms with van der Waals surface area (Å²) in [6.45, 7) is 5.48. The van der Waals surface area contributed by atoms with Crippen molar-refractivity contribution in [3.8, 4) is 11.5 Å². The Morgan fingerprint density at radius 3 is 2.56 bits per heavy atom. The molecule has 0 unspecified atom stereocenters. The summed E-state index contributed by atoms with van der Waals surface area (Å²) in [5.41, 5.74) is 0.202. The summed E-state index contributed by atoms with van der Waals surface area (Å²) in [5.74, 6) is 0.552. The average Bonchev–Trinajstić information content (AvgIpc) is 2.25. The molecule has 0 radical (unpaired) electrons. The summed E-state index contributed by atoms with van der Waals surface area (Å²) < 4.78 is 10.3. The Balaban J connectivity index is 2.60.